The van der Waals surface area contributed by atoms with Gasteiger partial charge < -0.3 is 16.0 Å². The molecule has 2 aromatic carbocycles. The van der Waals surface area contributed by atoms with Gasteiger partial charge in [-0.05, 0) is 30.3 Å². The number of carbonyl (C=O) groups is 3. The summed E-state index contributed by atoms with van der Waals surface area (Å²) in [7, 11) is 0. The van der Waals surface area contributed by atoms with Crippen molar-refractivity contribution in [2.45, 2.75) is 6.04 Å². The average Bonchev–Trinajstić information content (AvgIpc) is 3.13. The molecule has 26 heavy (non-hydrogen) atoms. The molecule has 0 bridgehead atoms. The number of thioether (sulfide) groups is 1. The van der Waals surface area contributed by atoms with E-state index in [0.717, 1.165) is 6.07 Å². The Bertz CT molecular complexity index is 860. The normalized spacial score (nSPS) is 16.3. The molecule has 1 aliphatic rings. The highest BCUT2D eigenvalue weighted by Crippen LogP contribution is 2.25. The highest BCUT2D eigenvalue weighted by Gasteiger charge is 2.35. The number of nitrogens with zero attached hydrogens (tertiary/aromatic N) is 1. The molecular formula is C18H16FN3O3S. The molecule has 1 fully saturated rings. The number of hydrogen-bond donors (Lipinski definition) is 2. The van der Waals surface area contributed by atoms with Crippen LogP contribution in [0.3, 0.4) is 0 Å². The largest absolute Gasteiger partial charge is 0.366 e. The molecule has 2 aromatic rings. The van der Waals surface area contributed by atoms with Crippen LogP contribution < -0.4 is 11.1 Å². The van der Waals surface area contributed by atoms with E-state index in [4.69, 9.17) is 5.73 Å². The summed E-state index contributed by atoms with van der Waals surface area (Å²) in [6.45, 7) is 0. The van der Waals surface area contributed by atoms with Crippen molar-refractivity contribution in [1.29, 1.82) is 0 Å². The number of benzene rings is 2. The van der Waals surface area contributed by atoms with E-state index < -0.39 is 23.7 Å². The third-order valence-corrected chi connectivity index (χ3v) is 4.98. The van der Waals surface area contributed by atoms with Crippen molar-refractivity contribution in [2.24, 2.45) is 5.73 Å². The van der Waals surface area contributed by atoms with Gasteiger partial charge in [0.1, 0.15) is 11.9 Å². The Hall–Kier alpha value is -2.87. The van der Waals surface area contributed by atoms with Crippen LogP contribution in [0.4, 0.5) is 10.1 Å². The van der Waals surface area contributed by atoms with Gasteiger partial charge in [-0.3, -0.25) is 14.4 Å². The van der Waals surface area contributed by atoms with Crippen molar-refractivity contribution in [2.75, 3.05) is 16.9 Å². The molecule has 134 valence electrons. The molecule has 0 aromatic heterocycles. The lowest BCUT2D eigenvalue weighted by Crippen LogP contribution is -2.44. The average molecular weight is 373 g/mol. The Balaban J connectivity index is 1.76. The molecule has 1 atom stereocenters. The molecule has 1 saturated heterocycles. The van der Waals surface area contributed by atoms with Crippen molar-refractivity contribution >= 4 is 35.2 Å². The monoisotopic (exact) mass is 373 g/mol. The molecule has 1 heterocycles. The van der Waals surface area contributed by atoms with Crippen LogP contribution in [0, 0.1) is 5.82 Å². The first-order valence-electron chi connectivity index (χ1n) is 7.81. The lowest BCUT2D eigenvalue weighted by Gasteiger charge is -2.23. The molecule has 3 rings (SSSR count). The van der Waals surface area contributed by atoms with Crippen LogP contribution in [0.25, 0.3) is 0 Å². The summed E-state index contributed by atoms with van der Waals surface area (Å²) in [5.41, 5.74) is 5.56. The number of nitrogens with one attached hydrogen (secondary N) is 1. The van der Waals surface area contributed by atoms with Crippen molar-refractivity contribution in [3.05, 3.63) is 65.5 Å². The van der Waals surface area contributed by atoms with E-state index in [1.807, 2.05) is 6.07 Å². The minimum absolute atomic E-state index is 0.229. The van der Waals surface area contributed by atoms with Crippen LogP contribution in [-0.4, -0.2) is 40.3 Å². The quantitative estimate of drug-likeness (QED) is 0.858. The number of halogens is 1. The van der Waals surface area contributed by atoms with Crippen LogP contribution in [0.15, 0.2) is 48.5 Å². The highest BCUT2D eigenvalue weighted by atomic mass is 32.2. The number of nitrogens with two attached hydrogens (primary N) is 1. The van der Waals surface area contributed by atoms with Crippen LogP contribution in [0.1, 0.15) is 20.7 Å². The second-order valence-electron chi connectivity index (χ2n) is 5.70. The minimum Gasteiger partial charge on any atom is -0.366 e. The van der Waals surface area contributed by atoms with Gasteiger partial charge in [0.25, 0.3) is 11.8 Å². The van der Waals surface area contributed by atoms with Gasteiger partial charge in [-0.2, -0.15) is 0 Å². The number of hydrogen-bond acceptors (Lipinski definition) is 4. The SMILES string of the molecule is NC(=O)c1cc(NC(=O)C2CSCN2C(=O)c2ccccc2)ccc1F. The summed E-state index contributed by atoms with van der Waals surface area (Å²) in [5, 5.41) is 2.62. The van der Waals surface area contributed by atoms with Gasteiger partial charge in [0.2, 0.25) is 5.91 Å². The summed E-state index contributed by atoms with van der Waals surface area (Å²) in [4.78, 5) is 37.9. The van der Waals surface area contributed by atoms with Gasteiger partial charge in [0.15, 0.2) is 0 Å². The van der Waals surface area contributed by atoms with E-state index in [1.165, 1.54) is 28.8 Å². The molecule has 0 spiro atoms. The third-order valence-electron chi connectivity index (χ3n) is 3.97. The van der Waals surface area contributed by atoms with Gasteiger partial charge in [0.05, 0.1) is 11.4 Å². The van der Waals surface area contributed by atoms with Crippen molar-refractivity contribution in [3.8, 4) is 0 Å². The Kier molecular flexibility index (Phi) is 5.22. The van der Waals surface area contributed by atoms with Gasteiger partial charge in [0, 0.05) is 17.0 Å². The maximum absolute atomic E-state index is 13.5. The molecule has 0 radical (unpaired) electrons. The smallest absolute Gasteiger partial charge is 0.255 e. The first-order valence-corrected chi connectivity index (χ1v) is 8.97. The fourth-order valence-corrected chi connectivity index (χ4v) is 3.78. The van der Waals surface area contributed by atoms with Crippen LogP contribution in [-0.2, 0) is 4.79 Å². The zero-order chi connectivity index (χ0) is 18.7. The Morgan fingerprint density at radius 1 is 1.15 bits per heavy atom. The predicted molar refractivity (Wildman–Crippen MR) is 97.3 cm³/mol. The van der Waals surface area contributed by atoms with Crippen molar-refractivity contribution in [3.63, 3.8) is 0 Å². The minimum atomic E-state index is -0.920. The fourth-order valence-electron chi connectivity index (χ4n) is 2.62. The van der Waals surface area contributed by atoms with Crippen molar-refractivity contribution < 1.29 is 18.8 Å². The standard InChI is InChI=1S/C18H16FN3O3S/c19-14-7-6-12(8-13(14)16(20)23)21-17(24)15-9-26-10-22(15)18(25)11-4-2-1-3-5-11/h1-8,15H,9-10H2,(H2,20,23)(H,21,24). The Morgan fingerprint density at radius 3 is 2.58 bits per heavy atom. The molecular weight excluding hydrogens is 357 g/mol. The third kappa shape index (κ3) is 3.70. The van der Waals surface area contributed by atoms with E-state index >= 15 is 0 Å². The number of anilines is 1. The first-order chi connectivity index (χ1) is 12.5. The predicted octanol–water partition coefficient (Wildman–Crippen LogP) is 2.08. The van der Waals surface area contributed by atoms with E-state index in [1.54, 1.807) is 24.3 Å². The van der Waals surface area contributed by atoms with E-state index in [2.05, 4.69) is 5.32 Å². The zero-order valence-corrected chi connectivity index (χ0v) is 14.5. The molecule has 6 nitrogen and oxygen atoms in total. The lowest BCUT2D eigenvalue weighted by molar-refractivity contribution is -0.119. The second kappa shape index (κ2) is 7.57. The maximum Gasteiger partial charge on any atom is 0.255 e. The molecule has 0 aliphatic carbocycles. The molecule has 8 heteroatoms. The van der Waals surface area contributed by atoms with Crippen LogP contribution in [0.5, 0.6) is 0 Å². The molecule has 0 saturated carbocycles. The van der Waals surface area contributed by atoms with E-state index in [-0.39, 0.29) is 17.2 Å². The maximum atomic E-state index is 13.5. The molecule has 1 unspecified atom stereocenters. The highest BCUT2D eigenvalue weighted by molar-refractivity contribution is 7.99. The van der Waals surface area contributed by atoms with Crippen molar-refractivity contribution in [1.82, 2.24) is 4.90 Å². The Labute approximate surface area is 153 Å². The van der Waals surface area contributed by atoms with E-state index in [9.17, 15) is 18.8 Å². The number of rotatable bonds is 4. The van der Waals surface area contributed by atoms with E-state index in [0.29, 0.717) is 17.2 Å². The molecule has 3 amide bonds. The Morgan fingerprint density at radius 2 is 1.88 bits per heavy atom. The lowest BCUT2D eigenvalue weighted by atomic mass is 10.1. The summed E-state index contributed by atoms with van der Waals surface area (Å²) < 4.78 is 13.5. The number of primary amides is 1. The fraction of sp³-hybridized carbons (Fsp3) is 0.167. The van der Waals surface area contributed by atoms with Gasteiger partial charge in [-0.1, -0.05) is 18.2 Å². The summed E-state index contributed by atoms with van der Waals surface area (Å²) in [6.07, 6.45) is 0. The van der Waals surface area contributed by atoms with Gasteiger partial charge in [-0.15, -0.1) is 11.8 Å². The van der Waals surface area contributed by atoms with Gasteiger partial charge >= 0.3 is 0 Å². The number of carbonyl (C=O) groups excluding carboxylic acids is 3. The second-order valence-corrected chi connectivity index (χ2v) is 6.70. The summed E-state index contributed by atoms with van der Waals surface area (Å²) in [5.74, 6) is -1.45. The van der Waals surface area contributed by atoms with Crippen LogP contribution in [0.2, 0.25) is 0 Å². The summed E-state index contributed by atoms with van der Waals surface area (Å²) in [6, 6.07) is 11.6. The molecule has 3 N–H and O–H groups in total. The first kappa shape index (κ1) is 17.9. The topological polar surface area (TPSA) is 92.5 Å². The van der Waals surface area contributed by atoms with Gasteiger partial charge in [-0.25, -0.2) is 4.39 Å². The number of amides is 3. The molecule has 1 aliphatic heterocycles. The summed E-state index contributed by atoms with van der Waals surface area (Å²) >= 11 is 1.47. The zero-order valence-electron chi connectivity index (χ0n) is 13.6. The van der Waals surface area contributed by atoms with Crippen LogP contribution >= 0.6 is 11.8 Å².